The number of para-hydroxylation sites is 1. The molecule has 0 saturated carbocycles. The van der Waals surface area contributed by atoms with E-state index in [9.17, 15) is 0 Å². The molecule has 1 heterocycles. The molecule has 0 N–H and O–H groups in total. The summed E-state index contributed by atoms with van der Waals surface area (Å²) >= 11 is 0. The first kappa shape index (κ1) is 10.9. The summed E-state index contributed by atoms with van der Waals surface area (Å²) in [7, 11) is 0. The number of hydrogen-bond acceptors (Lipinski definition) is 1. The summed E-state index contributed by atoms with van der Waals surface area (Å²) in [5.41, 5.74) is 6.58. The quantitative estimate of drug-likeness (QED) is 0.674. The molecule has 0 fully saturated rings. The molecule has 0 bridgehead atoms. The Hall–Kier alpha value is -2.02. The molecule has 0 amide bonds. The van der Waals surface area contributed by atoms with Gasteiger partial charge in [0.1, 0.15) is 11.4 Å². The summed E-state index contributed by atoms with van der Waals surface area (Å²) in [4.78, 5) is 0. The van der Waals surface area contributed by atoms with Crippen molar-refractivity contribution in [2.45, 2.75) is 25.9 Å². The summed E-state index contributed by atoms with van der Waals surface area (Å²) in [5.74, 6) is 1.01. The van der Waals surface area contributed by atoms with Crippen LogP contribution >= 0.6 is 0 Å². The Morgan fingerprint density at radius 3 is 2.42 bits per heavy atom. The van der Waals surface area contributed by atoms with Crippen LogP contribution < -0.4 is 4.74 Å². The average molecular weight is 248 g/mol. The predicted octanol–water partition coefficient (Wildman–Crippen LogP) is 4.32. The summed E-state index contributed by atoms with van der Waals surface area (Å²) < 4.78 is 6.23. The maximum atomic E-state index is 6.23. The zero-order chi connectivity index (χ0) is 13.0. The molecule has 19 heavy (non-hydrogen) atoms. The lowest BCUT2D eigenvalue weighted by Crippen LogP contribution is -2.32. The van der Waals surface area contributed by atoms with Crippen LogP contribution in [-0.4, -0.2) is 5.60 Å². The third-order valence-electron chi connectivity index (χ3n) is 4.14. The van der Waals surface area contributed by atoms with Gasteiger partial charge in [0.25, 0.3) is 0 Å². The summed E-state index contributed by atoms with van der Waals surface area (Å²) in [6.45, 7) is 4.33. The minimum Gasteiger partial charge on any atom is -0.482 e. The molecule has 4 rings (SSSR count). The molecule has 2 aliphatic rings. The summed E-state index contributed by atoms with van der Waals surface area (Å²) in [6.07, 6.45) is 1.02. The van der Waals surface area contributed by atoms with E-state index in [1.807, 2.05) is 6.07 Å². The second kappa shape index (κ2) is 3.51. The Bertz CT molecular complexity index is 707. The smallest absolute Gasteiger partial charge is 0.129 e. The molecule has 0 aromatic heterocycles. The molecule has 1 heteroatoms. The Kier molecular flexibility index (Phi) is 2.00. The van der Waals surface area contributed by atoms with Gasteiger partial charge in [-0.2, -0.15) is 0 Å². The number of rotatable bonds is 0. The van der Waals surface area contributed by atoms with Gasteiger partial charge in [-0.05, 0) is 43.0 Å². The fourth-order valence-corrected chi connectivity index (χ4v) is 3.41. The number of benzene rings is 2. The first-order valence-electron chi connectivity index (χ1n) is 6.77. The maximum Gasteiger partial charge on any atom is 0.129 e. The van der Waals surface area contributed by atoms with E-state index < -0.39 is 0 Å². The van der Waals surface area contributed by atoms with Gasteiger partial charge in [0.15, 0.2) is 0 Å². The van der Waals surface area contributed by atoms with Crippen molar-refractivity contribution in [2.75, 3.05) is 0 Å². The Morgan fingerprint density at radius 1 is 0.895 bits per heavy atom. The van der Waals surface area contributed by atoms with E-state index >= 15 is 0 Å². The van der Waals surface area contributed by atoms with Gasteiger partial charge >= 0.3 is 0 Å². The second-order valence-electron chi connectivity index (χ2n) is 5.80. The summed E-state index contributed by atoms with van der Waals surface area (Å²) in [5, 5.41) is 0. The lowest BCUT2D eigenvalue weighted by Gasteiger charge is -2.35. The average Bonchev–Trinajstić information content (AvgIpc) is 2.78. The van der Waals surface area contributed by atoms with Crippen molar-refractivity contribution in [3.05, 3.63) is 65.2 Å². The fraction of sp³-hybridized carbons (Fsp3) is 0.222. The van der Waals surface area contributed by atoms with Gasteiger partial charge in [-0.15, -0.1) is 0 Å². The standard InChI is InChI=1S/C18H16O/c1-18(2)17-13-8-4-3-7-12(13)11-15(17)14-9-5-6-10-16(14)19-18/h3-10H,11H2,1-2H3. The predicted molar refractivity (Wildman–Crippen MR) is 78.1 cm³/mol. The van der Waals surface area contributed by atoms with Crippen LogP contribution in [0.4, 0.5) is 0 Å². The van der Waals surface area contributed by atoms with Crippen LogP contribution in [0, 0.1) is 0 Å². The number of hydrogen-bond donors (Lipinski definition) is 0. The molecule has 0 radical (unpaired) electrons. The highest BCUT2D eigenvalue weighted by Gasteiger charge is 2.39. The van der Waals surface area contributed by atoms with Gasteiger partial charge in [0, 0.05) is 11.1 Å². The third kappa shape index (κ3) is 1.42. The molecule has 94 valence electrons. The normalized spacial score (nSPS) is 18.4. The van der Waals surface area contributed by atoms with Crippen molar-refractivity contribution < 1.29 is 4.74 Å². The SMILES string of the molecule is CC1(C)Oc2ccccc2C2=C1c1ccccc1C2. The molecule has 1 aliphatic carbocycles. The molecule has 0 saturated heterocycles. The van der Waals surface area contributed by atoms with Crippen LogP contribution in [0.25, 0.3) is 11.1 Å². The lowest BCUT2D eigenvalue weighted by molar-refractivity contribution is 0.169. The minimum atomic E-state index is -0.254. The highest BCUT2D eigenvalue weighted by molar-refractivity contribution is 6.02. The van der Waals surface area contributed by atoms with E-state index in [1.54, 1.807) is 0 Å². The van der Waals surface area contributed by atoms with Crippen molar-refractivity contribution in [3.63, 3.8) is 0 Å². The van der Waals surface area contributed by atoms with Crippen LogP contribution in [0.1, 0.15) is 30.5 Å². The van der Waals surface area contributed by atoms with Gasteiger partial charge in [-0.1, -0.05) is 42.5 Å². The fourth-order valence-electron chi connectivity index (χ4n) is 3.41. The van der Waals surface area contributed by atoms with Crippen LogP contribution in [0.2, 0.25) is 0 Å². The minimum absolute atomic E-state index is 0.254. The molecule has 0 atom stereocenters. The van der Waals surface area contributed by atoms with Crippen molar-refractivity contribution in [1.82, 2.24) is 0 Å². The van der Waals surface area contributed by atoms with Crippen LogP contribution in [-0.2, 0) is 6.42 Å². The molecule has 0 spiro atoms. The van der Waals surface area contributed by atoms with Crippen molar-refractivity contribution in [2.24, 2.45) is 0 Å². The van der Waals surface area contributed by atoms with Crippen LogP contribution in [0.5, 0.6) is 5.75 Å². The van der Waals surface area contributed by atoms with Gasteiger partial charge in [-0.25, -0.2) is 0 Å². The van der Waals surface area contributed by atoms with Crippen LogP contribution in [0.15, 0.2) is 48.5 Å². The first-order valence-corrected chi connectivity index (χ1v) is 6.77. The van der Waals surface area contributed by atoms with Gasteiger partial charge < -0.3 is 4.74 Å². The van der Waals surface area contributed by atoms with Gasteiger partial charge in [0.2, 0.25) is 0 Å². The van der Waals surface area contributed by atoms with Crippen molar-refractivity contribution in [3.8, 4) is 5.75 Å². The second-order valence-corrected chi connectivity index (χ2v) is 5.80. The van der Waals surface area contributed by atoms with Crippen molar-refractivity contribution in [1.29, 1.82) is 0 Å². The highest BCUT2D eigenvalue weighted by atomic mass is 16.5. The summed E-state index contributed by atoms with van der Waals surface area (Å²) in [6, 6.07) is 17.1. The molecule has 2 aromatic rings. The maximum absolute atomic E-state index is 6.23. The van der Waals surface area contributed by atoms with Gasteiger partial charge in [0.05, 0.1) is 0 Å². The molecular formula is C18H16O. The third-order valence-corrected chi connectivity index (χ3v) is 4.14. The number of allylic oxidation sites excluding steroid dienone is 1. The Morgan fingerprint density at radius 2 is 1.58 bits per heavy atom. The van der Waals surface area contributed by atoms with Crippen molar-refractivity contribution >= 4 is 11.1 Å². The van der Waals surface area contributed by atoms with Crippen LogP contribution in [0.3, 0.4) is 0 Å². The lowest BCUT2D eigenvalue weighted by atomic mass is 9.86. The Labute approximate surface area is 113 Å². The molecule has 1 aliphatic heterocycles. The largest absolute Gasteiger partial charge is 0.482 e. The van der Waals surface area contributed by atoms with E-state index in [1.165, 1.54) is 27.8 Å². The molecule has 1 nitrogen and oxygen atoms in total. The zero-order valence-corrected chi connectivity index (χ0v) is 11.2. The Balaban J connectivity index is 2.02. The zero-order valence-electron chi connectivity index (χ0n) is 11.2. The molecule has 0 unspecified atom stereocenters. The van der Waals surface area contributed by atoms with E-state index in [-0.39, 0.29) is 5.60 Å². The first-order chi connectivity index (χ1) is 9.17. The van der Waals surface area contributed by atoms with E-state index in [0.717, 1.165) is 12.2 Å². The monoisotopic (exact) mass is 248 g/mol. The number of ether oxygens (including phenoxy) is 1. The van der Waals surface area contributed by atoms with E-state index in [0.29, 0.717) is 0 Å². The van der Waals surface area contributed by atoms with E-state index in [2.05, 4.69) is 56.3 Å². The topological polar surface area (TPSA) is 9.23 Å². The van der Waals surface area contributed by atoms with E-state index in [4.69, 9.17) is 4.74 Å². The molecular weight excluding hydrogens is 232 g/mol. The van der Waals surface area contributed by atoms with Gasteiger partial charge in [-0.3, -0.25) is 0 Å². The highest BCUT2D eigenvalue weighted by Crippen LogP contribution is 2.50. The number of fused-ring (bicyclic) bond motifs is 4. The molecule has 2 aromatic carbocycles.